The van der Waals surface area contributed by atoms with E-state index in [-0.39, 0.29) is 5.91 Å². The third-order valence-electron chi connectivity index (χ3n) is 4.16. The summed E-state index contributed by atoms with van der Waals surface area (Å²) in [6.07, 6.45) is 8.07. The van der Waals surface area contributed by atoms with Gasteiger partial charge in [-0.3, -0.25) is 9.78 Å². The minimum atomic E-state index is -0.0778. The molecule has 4 heteroatoms. The quantitative estimate of drug-likeness (QED) is 0.868. The minimum absolute atomic E-state index is 0.0778. The summed E-state index contributed by atoms with van der Waals surface area (Å²) in [6, 6.07) is 3.62. The molecule has 20 heavy (non-hydrogen) atoms. The number of amides is 1. The summed E-state index contributed by atoms with van der Waals surface area (Å²) in [6.45, 7) is 3.08. The zero-order valence-electron chi connectivity index (χ0n) is 12.5. The van der Waals surface area contributed by atoms with Crippen molar-refractivity contribution >= 4 is 11.6 Å². The molecule has 2 atom stereocenters. The van der Waals surface area contributed by atoms with E-state index in [4.69, 9.17) is 0 Å². The topological polar surface area (TPSA) is 54.0 Å². The zero-order chi connectivity index (χ0) is 14.4. The number of pyridine rings is 1. The number of carbonyl (C=O) groups excluding carboxylic acids is 1. The first kappa shape index (κ1) is 14.8. The van der Waals surface area contributed by atoms with Crippen LogP contribution in [0.4, 0.5) is 5.69 Å². The van der Waals surface area contributed by atoms with E-state index >= 15 is 0 Å². The van der Waals surface area contributed by atoms with E-state index in [2.05, 4.69) is 22.5 Å². The average Bonchev–Trinajstić information content (AvgIpc) is 2.47. The molecule has 0 spiro atoms. The van der Waals surface area contributed by atoms with Crippen LogP contribution in [0.25, 0.3) is 0 Å². The maximum Gasteiger partial charge on any atom is 0.269 e. The third-order valence-corrected chi connectivity index (χ3v) is 4.16. The molecule has 1 aromatic heterocycles. The summed E-state index contributed by atoms with van der Waals surface area (Å²) in [5.41, 5.74) is 1.39. The molecule has 1 aromatic rings. The van der Waals surface area contributed by atoms with Gasteiger partial charge in [-0.05, 0) is 36.8 Å². The number of aromatic nitrogens is 1. The number of nitrogens with zero attached hydrogens (tertiary/aromatic N) is 1. The predicted octanol–water partition coefficient (Wildman–Crippen LogP) is 3.07. The highest BCUT2D eigenvalue weighted by molar-refractivity contribution is 5.93. The van der Waals surface area contributed by atoms with Gasteiger partial charge in [0.05, 0.1) is 0 Å². The summed E-state index contributed by atoms with van der Waals surface area (Å²) in [7, 11) is 1.83. The van der Waals surface area contributed by atoms with Crippen LogP contribution >= 0.6 is 0 Å². The summed E-state index contributed by atoms with van der Waals surface area (Å²) in [5, 5.41) is 6.00. The first-order valence-corrected chi connectivity index (χ1v) is 7.61. The van der Waals surface area contributed by atoms with Crippen LogP contribution in [-0.4, -0.2) is 24.5 Å². The molecule has 4 nitrogen and oxygen atoms in total. The molecule has 1 saturated carbocycles. The Labute approximate surface area is 121 Å². The van der Waals surface area contributed by atoms with Crippen molar-refractivity contribution in [1.29, 1.82) is 0 Å². The van der Waals surface area contributed by atoms with Gasteiger partial charge in [0.25, 0.3) is 5.91 Å². The first-order chi connectivity index (χ1) is 9.69. The second kappa shape index (κ2) is 7.27. The van der Waals surface area contributed by atoms with Gasteiger partial charge in [-0.1, -0.05) is 26.2 Å². The Morgan fingerprint density at radius 1 is 1.45 bits per heavy atom. The van der Waals surface area contributed by atoms with Crippen molar-refractivity contribution in [2.75, 3.05) is 18.9 Å². The number of hydrogen-bond acceptors (Lipinski definition) is 3. The van der Waals surface area contributed by atoms with Crippen LogP contribution in [0.3, 0.4) is 0 Å². The van der Waals surface area contributed by atoms with Crippen LogP contribution < -0.4 is 10.6 Å². The Morgan fingerprint density at radius 2 is 2.30 bits per heavy atom. The number of nitrogens with one attached hydrogen (secondary N) is 2. The van der Waals surface area contributed by atoms with E-state index in [1.807, 2.05) is 13.1 Å². The lowest BCUT2D eigenvalue weighted by Gasteiger charge is -2.26. The van der Waals surface area contributed by atoms with E-state index in [1.165, 1.54) is 25.7 Å². The van der Waals surface area contributed by atoms with Crippen LogP contribution in [0.15, 0.2) is 18.3 Å². The minimum Gasteiger partial charge on any atom is -0.388 e. The number of rotatable bonds is 5. The largest absolute Gasteiger partial charge is 0.388 e. The fraction of sp³-hybridized carbons (Fsp3) is 0.625. The van der Waals surface area contributed by atoms with Crippen LogP contribution in [0.1, 0.15) is 49.5 Å². The van der Waals surface area contributed by atoms with Gasteiger partial charge in [0.15, 0.2) is 0 Å². The molecule has 0 saturated heterocycles. The number of hydrogen-bond donors (Lipinski definition) is 2. The Bertz CT molecular complexity index is 447. The van der Waals surface area contributed by atoms with Gasteiger partial charge < -0.3 is 10.6 Å². The molecule has 1 aliphatic carbocycles. The highest BCUT2D eigenvalue weighted by atomic mass is 16.1. The van der Waals surface area contributed by atoms with E-state index < -0.39 is 0 Å². The monoisotopic (exact) mass is 275 g/mol. The SMILES string of the molecule is CNc1ccnc(C(=O)NCCC2CCCC(C)C2)c1. The molecule has 110 valence electrons. The second-order valence-electron chi connectivity index (χ2n) is 5.86. The van der Waals surface area contributed by atoms with Crippen molar-refractivity contribution in [3.8, 4) is 0 Å². The summed E-state index contributed by atoms with van der Waals surface area (Å²) in [4.78, 5) is 16.1. The van der Waals surface area contributed by atoms with E-state index in [9.17, 15) is 4.79 Å². The van der Waals surface area contributed by atoms with Gasteiger partial charge in [-0.15, -0.1) is 0 Å². The van der Waals surface area contributed by atoms with Crippen molar-refractivity contribution in [2.45, 2.75) is 39.0 Å². The molecule has 0 aliphatic heterocycles. The Kier molecular flexibility index (Phi) is 5.39. The van der Waals surface area contributed by atoms with E-state index in [1.54, 1.807) is 12.3 Å². The van der Waals surface area contributed by atoms with Gasteiger partial charge in [0.2, 0.25) is 0 Å². The van der Waals surface area contributed by atoms with Gasteiger partial charge in [0, 0.05) is 25.5 Å². The summed E-state index contributed by atoms with van der Waals surface area (Å²) in [5.74, 6) is 1.54. The van der Waals surface area contributed by atoms with Crippen molar-refractivity contribution in [3.05, 3.63) is 24.0 Å². The fourth-order valence-corrected chi connectivity index (χ4v) is 3.01. The van der Waals surface area contributed by atoms with E-state index in [0.717, 1.165) is 30.5 Å². The molecule has 0 aromatic carbocycles. The first-order valence-electron chi connectivity index (χ1n) is 7.61. The Balaban J connectivity index is 1.77. The Hall–Kier alpha value is -1.58. The molecule has 2 unspecified atom stereocenters. The summed E-state index contributed by atoms with van der Waals surface area (Å²) < 4.78 is 0. The molecule has 0 bridgehead atoms. The lowest BCUT2D eigenvalue weighted by molar-refractivity contribution is 0.0944. The highest BCUT2D eigenvalue weighted by Crippen LogP contribution is 2.30. The molecule has 1 fully saturated rings. The van der Waals surface area contributed by atoms with Crippen molar-refractivity contribution in [2.24, 2.45) is 11.8 Å². The lowest BCUT2D eigenvalue weighted by atomic mass is 9.81. The third kappa shape index (κ3) is 4.22. The van der Waals surface area contributed by atoms with Crippen molar-refractivity contribution in [1.82, 2.24) is 10.3 Å². The molecule has 1 heterocycles. The number of anilines is 1. The maximum absolute atomic E-state index is 12.0. The Morgan fingerprint density at radius 3 is 3.05 bits per heavy atom. The van der Waals surface area contributed by atoms with Crippen molar-refractivity contribution < 1.29 is 4.79 Å². The summed E-state index contributed by atoms with van der Waals surface area (Å²) >= 11 is 0. The fourth-order valence-electron chi connectivity index (χ4n) is 3.01. The standard InChI is InChI=1S/C16H25N3O/c1-12-4-3-5-13(10-12)6-8-19-16(20)15-11-14(17-2)7-9-18-15/h7,9,11-13H,3-6,8,10H2,1-2H3,(H,17,18)(H,19,20). The molecule has 2 N–H and O–H groups in total. The molecule has 0 radical (unpaired) electrons. The number of carbonyl (C=O) groups is 1. The average molecular weight is 275 g/mol. The molecule has 1 aliphatic rings. The zero-order valence-corrected chi connectivity index (χ0v) is 12.5. The predicted molar refractivity (Wildman–Crippen MR) is 81.9 cm³/mol. The normalized spacial score (nSPS) is 22.3. The second-order valence-corrected chi connectivity index (χ2v) is 5.86. The molecular formula is C16H25N3O. The van der Waals surface area contributed by atoms with Crippen molar-refractivity contribution in [3.63, 3.8) is 0 Å². The van der Waals surface area contributed by atoms with Crippen LogP contribution in [-0.2, 0) is 0 Å². The van der Waals surface area contributed by atoms with E-state index in [0.29, 0.717) is 5.69 Å². The molecule has 1 amide bonds. The smallest absolute Gasteiger partial charge is 0.269 e. The van der Waals surface area contributed by atoms with Gasteiger partial charge in [0.1, 0.15) is 5.69 Å². The molecule has 2 rings (SSSR count). The van der Waals surface area contributed by atoms with Crippen LogP contribution in [0.5, 0.6) is 0 Å². The van der Waals surface area contributed by atoms with Crippen LogP contribution in [0.2, 0.25) is 0 Å². The molecular weight excluding hydrogens is 250 g/mol. The van der Waals surface area contributed by atoms with Gasteiger partial charge >= 0.3 is 0 Å². The lowest BCUT2D eigenvalue weighted by Crippen LogP contribution is -2.27. The van der Waals surface area contributed by atoms with Crippen LogP contribution in [0, 0.1) is 11.8 Å². The van der Waals surface area contributed by atoms with Gasteiger partial charge in [-0.25, -0.2) is 0 Å². The highest BCUT2D eigenvalue weighted by Gasteiger charge is 2.18. The van der Waals surface area contributed by atoms with Gasteiger partial charge in [-0.2, -0.15) is 0 Å². The maximum atomic E-state index is 12.0.